The molecule has 118 valence electrons. The number of ketones is 1. The molecule has 1 aliphatic rings. The molecule has 7 heteroatoms. The van der Waals surface area contributed by atoms with Crippen molar-refractivity contribution >= 4 is 13.5 Å². The summed E-state index contributed by atoms with van der Waals surface area (Å²) in [5.41, 5.74) is -0.478. The molecule has 1 heterocycles. The Hall–Kier alpha value is -0.880. The Morgan fingerprint density at radius 2 is 1.67 bits per heavy atom. The van der Waals surface area contributed by atoms with Crippen LogP contribution in [-0.4, -0.2) is 32.7 Å². The van der Waals surface area contributed by atoms with E-state index in [0.717, 1.165) is 5.56 Å². The summed E-state index contributed by atoms with van der Waals surface area (Å²) in [5, 5.41) is 0. The van der Waals surface area contributed by atoms with Gasteiger partial charge in [0.25, 0.3) is 0 Å². The first kappa shape index (κ1) is 16.5. The van der Waals surface area contributed by atoms with Crippen molar-refractivity contribution in [1.29, 1.82) is 0 Å². The molecule has 0 aliphatic carbocycles. The molecule has 0 aromatic heterocycles. The molecule has 2 atom stereocenters. The van der Waals surface area contributed by atoms with Crippen molar-refractivity contribution in [2.45, 2.75) is 25.6 Å². The monoisotopic (exact) mass is 316 g/mol. The van der Waals surface area contributed by atoms with Gasteiger partial charge in [0.1, 0.15) is 0 Å². The second-order valence-corrected chi connectivity index (χ2v) is 7.92. The fraction of sp³-hybridized carbons (Fsp3) is 0.500. The van der Waals surface area contributed by atoms with Gasteiger partial charge in [-0.2, -0.15) is 0 Å². The van der Waals surface area contributed by atoms with Gasteiger partial charge < -0.3 is 0 Å². The molecule has 1 fully saturated rings. The van der Waals surface area contributed by atoms with E-state index in [4.69, 9.17) is 22.6 Å². The van der Waals surface area contributed by atoms with Crippen molar-refractivity contribution in [1.82, 2.24) is 0 Å². The molecule has 2 unspecified atom stereocenters. The van der Waals surface area contributed by atoms with E-state index in [1.54, 1.807) is 6.92 Å². The predicted octanol–water partition coefficient (Wildman–Crippen LogP) is 3.19. The van der Waals surface area contributed by atoms with Gasteiger partial charge in [0.15, 0.2) is 0 Å². The van der Waals surface area contributed by atoms with Gasteiger partial charge in [0.05, 0.1) is 0 Å². The Morgan fingerprint density at radius 1 is 1.14 bits per heavy atom. The van der Waals surface area contributed by atoms with Crippen molar-refractivity contribution < 1.29 is 27.4 Å². The average Bonchev–Trinajstić information content (AvgIpc) is 2.81. The summed E-state index contributed by atoms with van der Waals surface area (Å²) in [4.78, 5) is 12.2. The molecule has 0 saturated carbocycles. The van der Waals surface area contributed by atoms with Crippen molar-refractivity contribution in [3.05, 3.63) is 35.9 Å². The van der Waals surface area contributed by atoms with Gasteiger partial charge in [-0.3, -0.25) is 0 Å². The zero-order valence-corrected chi connectivity index (χ0v) is 13.8. The van der Waals surface area contributed by atoms with Gasteiger partial charge in [0.2, 0.25) is 0 Å². The molecule has 0 spiro atoms. The number of carbonyl (C=O) groups excluding carboxylic acids is 1. The molecular weight excluding hydrogens is 295 g/mol. The number of carbonyl (C=O) groups is 1. The average molecular weight is 316 g/mol. The molecule has 0 N–H and O–H groups in total. The first-order valence-corrected chi connectivity index (χ1v) is 8.35. The summed E-state index contributed by atoms with van der Waals surface area (Å²) in [5.74, 6) is -0.200. The SMILES string of the molecule is COP1(OC)(OC)OC(c2ccccc2)C(C)(C(C)=O)O1. The predicted molar refractivity (Wildman–Crippen MR) is 78.4 cm³/mol. The van der Waals surface area contributed by atoms with Gasteiger partial charge >= 0.3 is 124 Å². The number of hydrogen-bond acceptors (Lipinski definition) is 6. The van der Waals surface area contributed by atoms with Gasteiger partial charge in [0, 0.05) is 0 Å². The fourth-order valence-corrected chi connectivity index (χ4v) is 4.85. The molecule has 1 aromatic rings. The number of benzene rings is 1. The van der Waals surface area contributed by atoms with E-state index in [1.807, 2.05) is 30.3 Å². The van der Waals surface area contributed by atoms with E-state index < -0.39 is 19.4 Å². The fourth-order valence-electron chi connectivity index (χ4n) is 2.37. The van der Waals surface area contributed by atoms with Gasteiger partial charge in [-0.25, -0.2) is 0 Å². The van der Waals surface area contributed by atoms with Crippen molar-refractivity contribution in [3.8, 4) is 0 Å². The molecule has 0 bridgehead atoms. The van der Waals surface area contributed by atoms with E-state index in [0.29, 0.717) is 0 Å². The molecule has 2 rings (SSSR count). The third-order valence-corrected chi connectivity index (χ3v) is 6.83. The van der Waals surface area contributed by atoms with Gasteiger partial charge in [-0.1, -0.05) is 0 Å². The van der Waals surface area contributed by atoms with Crippen LogP contribution in [0.2, 0.25) is 0 Å². The summed E-state index contributed by atoms with van der Waals surface area (Å²) in [6.07, 6.45) is -0.686. The topological polar surface area (TPSA) is 63.2 Å². The van der Waals surface area contributed by atoms with Gasteiger partial charge in [-0.05, 0) is 0 Å². The van der Waals surface area contributed by atoms with E-state index in [9.17, 15) is 4.79 Å². The van der Waals surface area contributed by atoms with Crippen molar-refractivity contribution in [3.63, 3.8) is 0 Å². The minimum absolute atomic E-state index is 0.200. The van der Waals surface area contributed by atoms with Crippen LogP contribution < -0.4 is 0 Å². The van der Waals surface area contributed by atoms with Crippen LogP contribution in [0.25, 0.3) is 0 Å². The van der Waals surface area contributed by atoms with Crippen molar-refractivity contribution in [2.24, 2.45) is 0 Å². The Labute approximate surface area is 124 Å². The summed E-state index contributed by atoms with van der Waals surface area (Å²) >= 11 is 0. The van der Waals surface area contributed by atoms with Crippen LogP contribution in [0.4, 0.5) is 0 Å². The summed E-state index contributed by atoms with van der Waals surface area (Å²) in [6, 6.07) is 9.31. The number of hydrogen-bond donors (Lipinski definition) is 0. The molecule has 1 aromatic carbocycles. The third kappa shape index (κ3) is 2.42. The molecule has 21 heavy (non-hydrogen) atoms. The van der Waals surface area contributed by atoms with Crippen LogP contribution in [-0.2, 0) is 27.4 Å². The molecule has 0 radical (unpaired) electrons. The second kappa shape index (κ2) is 5.39. The summed E-state index contributed by atoms with van der Waals surface area (Å²) in [7, 11) is -0.132. The van der Waals surface area contributed by atoms with Gasteiger partial charge in [-0.15, -0.1) is 0 Å². The Balaban J connectivity index is 2.56. The quantitative estimate of drug-likeness (QED) is 0.777. The molecule has 6 nitrogen and oxygen atoms in total. The maximum atomic E-state index is 12.2. The maximum absolute atomic E-state index is 12.2. The van der Waals surface area contributed by atoms with Crippen LogP contribution >= 0.6 is 7.74 Å². The van der Waals surface area contributed by atoms with Crippen LogP contribution in [0.15, 0.2) is 30.3 Å². The molecular formula is C14H21O6P. The first-order valence-electron chi connectivity index (χ1n) is 6.52. The minimum atomic E-state index is -4.25. The standard InChI is InChI=1S/C14H21O6P/c1-11(15)14(2)13(12-9-7-6-8-10-12)19-21(16-3,17-4,18-5)20-14/h6-10,13H,1-5H3. The van der Waals surface area contributed by atoms with E-state index in [2.05, 4.69) is 0 Å². The second-order valence-electron chi connectivity index (χ2n) is 4.94. The van der Waals surface area contributed by atoms with Crippen LogP contribution in [0.3, 0.4) is 0 Å². The zero-order valence-electron chi connectivity index (χ0n) is 12.9. The Kier molecular flexibility index (Phi) is 4.23. The van der Waals surface area contributed by atoms with Crippen LogP contribution in [0, 0.1) is 0 Å². The van der Waals surface area contributed by atoms with E-state index in [1.165, 1.54) is 28.3 Å². The normalized spacial score (nSPS) is 32.2. The number of Topliss-reactive ketones (excluding diaryl/α,β-unsaturated/α-hetero) is 1. The Bertz CT molecular complexity index is 519. The summed E-state index contributed by atoms with van der Waals surface area (Å²) in [6.45, 7) is 3.09. The third-order valence-electron chi connectivity index (χ3n) is 3.81. The molecule has 1 saturated heterocycles. The van der Waals surface area contributed by atoms with Crippen LogP contribution in [0.1, 0.15) is 25.5 Å². The summed E-state index contributed by atoms with van der Waals surface area (Å²) < 4.78 is 28.0. The Morgan fingerprint density at radius 3 is 2.10 bits per heavy atom. The molecule has 1 aliphatic heterocycles. The number of rotatable bonds is 5. The van der Waals surface area contributed by atoms with Crippen LogP contribution in [0.5, 0.6) is 0 Å². The zero-order chi connectivity index (χ0) is 15.8. The van der Waals surface area contributed by atoms with E-state index in [-0.39, 0.29) is 5.78 Å². The first-order chi connectivity index (χ1) is 9.85. The molecule has 0 amide bonds. The van der Waals surface area contributed by atoms with Crippen molar-refractivity contribution in [2.75, 3.05) is 21.3 Å². The van der Waals surface area contributed by atoms with E-state index >= 15 is 0 Å².